The third kappa shape index (κ3) is 5.17. The molecule has 1 amide bonds. The van der Waals surface area contributed by atoms with E-state index in [0.717, 1.165) is 25.9 Å². The highest BCUT2D eigenvalue weighted by molar-refractivity contribution is 5.76. The summed E-state index contributed by atoms with van der Waals surface area (Å²) in [6.07, 6.45) is 2.80. The van der Waals surface area contributed by atoms with E-state index in [0.29, 0.717) is 12.5 Å². The molecule has 1 rings (SSSR count). The van der Waals surface area contributed by atoms with Gasteiger partial charge < -0.3 is 10.2 Å². The topological polar surface area (TPSA) is 32.3 Å². The van der Waals surface area contributed by atoms with Crippen molar-refractivity contribution in [2.45, 2.75) is 46.1 Å². The van der Waals surface area contributed by atoms with Crippen molar-refractivity contribution in [3.8, 4) is 0 Å². The van der Waals surface area contributed by atoms with Gasteiger partial charge in [0, 0.05) is 12.5 Å². The molecule has 1 heterocycles. The van der Waals surface area contributed by atoms with Crippen LogP contribution in [-0.4, -0.2) is 37.0 Å². The molecule has 1 N–H and O–H groups in total. The maximum absolute atomic E-state index is 11.7. The molecule has 0 saturated carbocycles. The lowest BCUT2D eigenvalue weighted by molar-refractivity contribution is -0.123. The van der Waals surface area contributed by atoms with E-state index < -0.39 is 0 Å². The molecule has 88 valence electrons. The molecule has 1 aliphatic rings. The molecule has 1 fully saturated rings. The summed E-state index contributed by atoms with van der Waals surface area (Å²) in [4.78, 5) is 14.0. The molecule has 1 saturated heterocycles. The zero-order valence-electron chi connectivity index (χ0n) is 10.5. The summed E-state index contributed by atoms with van der Waals surface area (Å²) in [7, 11) is 2.13. The van der Waals surface area contributed by atoms with Crippen molar-refractivity contribution in [1.29, 1.82) is 0 Å². The van der Waals surface area contributed by atoms with Crippen LogP contribution in [0, 0.1) is 5.41 Å². The van der Waals surface area contributed by atoms with Gasteiger partial charge in [0.25, 0.3) is 0 Å². The molecule has 0 aromatic carbocycles. The number of rotatable bonds is 2. The maximum Gasteiger partial charge on any atom is 0.220 e. The Kier molecular flexibility index (Phi) is 4.14. The SMILES string of the molecule is CN1CCC(NC(=O)CC(C)(C)C)CC1. The van der Waals surface area contributed by atoms with Crippen LogP contribution in [0.5, 0.6) is 0 Å². The number of hydrogen-bond donors (Lipinski definition) is 1. The van der Waals surface area contributed by atoms with Gasteiger partial charge in [0.1, 0.15) is 0 Å². The van der Waals surface area contributed by atoms with Gasteiger partial charge in [0.2, 0.25) is 5.91 Å². The van der Waals surface area contributed by atoms with Crippen LogP contribution >= 0.6 is 0 Å². The molecule has 3 heteroatoms. The lowest BCUT2D eigenvalue weighted by Crippen LogP contribution is -2.44. The number of likely N-dealkylation sites (tertiary alicyclic amines) is 1. The van der Waals surface area contributed by atoms with Crippen LogP contribution in [0.15, 0.2) is 0 Å². The predicted octanol–water partition coefficient (Wildman–Crippen LogP) is 1.63. The largest absolute Gasteiger partial charge is 0.353 e. The first-order chi connectivity index (χ1) is 6.87. The summed E-state index contributed by atoms with van der Waals surface area (Å²) in [6, 6.07) is 0.399. The number of carbonyl (C=O) groups is 1. The van der Waals surface area contributed by atoms with Gasteiger partial charge in [-0.25, -0.2) is 0 Å². The van der Waals surface area contributed by atoms with Crippen molar-refractivity contribution < 1.29 is 4.79 Å². The van der Waals surface area contributed by atoms with E-state index in [9.17, 15) is 4.79 Å². The molecule has 3 nitrogen and oxygen atoms in total. The third-order valence-electron chi connectivity index (χ3n) is 2.77. The van der Waals surface area contributed by atoms with E-state index in [4.69, 9.17) is 0 Å². The Hall–Kier alpha value is -0.570. The van der Waals surface area contributed by atoms with Gasteiger partial charge in [-0.1, -0.05) is 20.8 Å². The number of nitrogens with one attached hydrogen (secondary N) is 1. The fourth-order valence-electron chi connectivity index (χ4n) is 1.91. The number of piperidine rings is 1. The third-order valence-corrected chi connectivity index (χ3v) is 2.77. The Bertz CT molecular complexity index is 212. The van der Waals surface area contributed by atoms with Crippen LogP contribution in [0.3, 0.4) is 0 Å². The Morgan fingerprint density at radius 1 is 1.33 bits per heavy atom. The van der Waals surface area contributed by atoms with E-state index >= 15 is 0 Å². The highest BCUT2D eigenvalue weighted by atomic mass is 16.1. The van der Waals surface area contributed by atoms with E-state index in [1.165, 1.54) is 0 Å². The molecular formula is C12H24N2O. The van der Waals surface area contributed by atoms with E-state index in [1.54, 1.807) is 0 Å². The standard InChI is InChI=1S/C12H24N2O/c1-12(2,3)9-11(15)13-10-5-7-14(4)8-6-10/h10H,5-9H2,1-4H3,(H,13,15). The van der Waals surface area contributed by atoms with Crippen LogP contribution in [-0.2, 0) is 4.79 Å². The van der Waals surface area contributed by atoms with Crippen LogP contribution in [0.25, 0.3) is 0 Å². The van der Waals surface area contributed by atoms with E-state index in [1.807, 2.05) is 0 Å². The Labute approximate surface area is 93.2 Å². The summed E-state index contributed by atoms with van der Waals surface area (Å²) in [5.74, 6) is 0.206. The second-order valence-corrected chi connectivity index (χ2v) is 5.88. The molecule has 0 atom stereocenters. The Balaban J connectivity index is 2.27. The second-order valence-electron chi connectivity index (χ2n) is 5.88. The molecular weight excluding hydrogens is 188 g/mol. The van der Waals surface area contributed by atoms with Gasteiger partial charge in [0.05, 0.1) is 0 Å². The van der Waals surface area contributed by atoms with Crippen LogP contribution < -0.4 is 5.32 Å². The van der Waals surface area contributed by atoms with Crippen LogP contribution in [0.2, 0.25) is 0 Å². The number of carbonyl (C=O) groups excluding carboxylic acids is 1. The lowest BCUT2D eigenvalue weighted by atomic mass is 9.91. The average Bonchev–Trinajstić information content (AvgIpc) is 2.05. The minimum Gasteiger partial charge on any atom is -0.353 e. The molecule has 0 aromatic rings. The molecule has 0 unspecified atom stereocenters. The minimum atomic E-state index is 0.0928. The van der Waals surface area contributed by atoms with E-state index in [2.05, 4.69) is 38.0 Å². The molecule has 0 radical (unpaired) electrons. The monoisotopic (exact) mass is 212 g/mol. The van der Waals surface area contributed by atoms with Crippen LogP contribution in [0.4, 0.5) is 0 Å². The van der Waals surface area contributed by atoms with Gasteiger partial charge in [-0.05, 0) is 38.4 Å². The molecule has 0 aliphatic carbocycles. The average molecular weight is 212 g/mol. The molecule has 0 bridgehead atoms. The second kappa shape index (κ2) is 4.97. The Morgan fingerprint density at radius 3 is 2.33 bits per heavy atom. The highest BCUT2D eigenvalue weighted by Gasteiger charge is 2.21. The first-order valence-corrected chi connectivity index (χ1v) is 5.85. The van der Waals surface area contributed by atoms with Crippen molar-refractivity contribution in [3.05, 3.63) is 0 Å². The zero-order valence-corrected chi connectivity index (χ0v) is 10.5. The first kappa shape index (κ1) is 12.5. The molecule has 1 aliphatic heterocycles. The smallest absolute Gasteiger partial charge is 0.220 e. The van der Waals surface area contributed by atoms with E-state index in [-0.39, 0.29) is 11.3 Å². The van der Waals surface area contributed by atoms with Gasteiger partial charge in [-0.15, -0.1) is 0 Å². The van der Waals surface area contributed by atoms with Gasteiger partial charge >= 0.3 is 0 Å². The highest BCUT2D eigenvalue weighted by Crippen LogP contribution is 2.18. The zero-order chi connectivity index (χ0) is 11.5. The fourth-order valence-corrected chi connectivity index (χ4v) is 1.91. The van der Waals surface area contributed by atoms with Crippen molar-refractivity contribution in [3.63, 3.8) is 0 Å². The van der Waals surface area contributed by atoms with Crippen molar-refractivity contribution in [2.24, 2.45) is 5.41 Å². The number of amides is 1. The van der Waals surface area contributed by atoms with Crippen molar-refractivity contribution in [1.82, 2.24) is 10.2 Å². The summed E-state index contributed by atoms with van der Waals surface area (Å²) in [5.41, 5.74) is 0.0928. The maximum atomic E-state index is 11.7. The normalized spacial score (nSPS) is 20.3. The summed E-state index contributed by atoms with van der Waals surface area (Å²) in [6.45, 7) is 8.49. The summed E-state index contributed by atoms with van der Waals surface area (Å²) in [5, 5.41) is 3.13. The van der Waals surface area contributed by atoms with Gasteiger partial charge in [-0.2, -0.15) is 0 Å². The minimum absolute atomic E-state index is 0.0928. The summed E-state index contributed by atoms with van der Waals surface area (Å²) < 4.78 is 0. The van der Waals surface area contributed by atoms with Gasteiger partial charge in [0.15, 0.2) is 0 Å². The lowest BCUT2D eigenvalue weighted by Gasteiger charge is -2.30. The Morgan fingerprint density at radius 2 is 1.87 bits per heavy atom. The van der Waals surface area contributed by atoms with Crippen molar-refractivity contribution in [2.75, 3.05) is 20.1 Å². The fraction of sp³-hybridized carbons (Fsp3) is 0.917. The molecule has 0 aromatic heterocycles. The van der Waals surface area contributed by atoms with Crippen LogP contribution in [0.1, 0.15) is 40.0 Å². The predicted molar refractivity (Wildman–Crippen MR) is 62.7 cm³/mol. The van der Waals surface area contributed by atoms with Gasteiger partial charge in [-0.3, -0.25) is 4.79 Å². The molecule has 0 spiro atoms. The number of hydrogen-bond acceptors (Lipinski definition) is 2. The molecule has 15 heavy (non-hydrogen) atoms. The quantitative estimate of drug-likeness (QED) is 0.754. The first-order valence-electron chi connectivity index (χ1n) is 5.85. The summed E-state index contributed by atoms with van der Waals surface area (Å²) >= 11 is 0. The van der Waals surface area contributed by atoms with Crippen molar-refractivity contribution >= 4 is 5.91 Å². The number of nitrogens with zero attached hydrogens (tertiary/aromatic N) is 1.